The summed E-state index contributed by atoms with van der Waals surface area (Å²) in [6.45, 7) is 2.49. The summed E-state index contributed by atoms with van der Waals surface area (Å²) in [6.07, 6.45) is 8.27. The van der Waals surface area contributed by atoms with Gasteiger partial charge in [0.2, 0.25) is 0 Å². The Morgan fingerprint density at radius 1 is 1.33 bits per heavy atom. The first-order chi connectivity index (χ1) is 10.3. The van der Waals surface area contributed by atoms with Gasteiger partial charge >= 0.3 is 0 Å². The minimum atomic E-state index is -0.124. The molecule has 2 aromatic heterocycles. The van der Waals surface area contributed by atoms with Gasteiger partial charge in [-0.25, -0.2) is 9.97 Å². The summed E-state index contributed by atoms with van der Waals surface area (Å²) in [4.78, 5) is 26.7. The second kappa shape index (κ2) is 6.01. The number of hydrogen-bond donors (Lipinski definition) is 0. The van der Waals surface area contributed by atoms with Gasteiger partial charge < -0.3 is 14.2 Å². The molecule has 7 heteroatoms. The number of fused-ring (bicyclic) bond motifs is 1. The van der Waals surface area contributed by atoms with E-state index in [0.717, 1.165) is 12.4 Å². The van der Waals surface area contributed by atoms with Crippen molar-refractivity contribution in [3.05, 3.63) is 42.5 Å². The molecule has 0 aromatic carbocycles. The van der Waals surface area contributed by atoms with E-state index in [1.807, 2.05) is 6.20 Å². The van der Waals surface area contributed by atoms with Crippen molar-refractivity contribution in [1.82, 2.24) is 24.4 Å². The van der Waals surface area contributed by atoms with E-state index in [2.05, 4.69) is 19.5 Å². The Kier molecular flexibility index (Phi) is 3.92. The number of ether oxygens (including phenoxy) is 1. The standard InChI is InChI=1S/C14H17N5O2/c1-21-10-11-7-18-5-4-17-13(18)9-19(8-11)14(20)12-6-15-2-3-16-12/h2-6,11H,7-10H2,1H3/t11-/m1/s1. The van der Waals surface area contributed by atoms with Crippen LogP contribution in [0.5, 0.6) is 0 Å². The lowest BCUT2D eigenvalue weighted by molar-refractivity contribution is 0.0660. The van der Waals surface area contributed by atoms with Crippen LogP contribution in [0.3, 0.4) is 0 Å². The summed E-state index contributed by atoms with van der Waals surface area (Å²) < 4.78 is 7.34. The van der Waals surface area contributed by atoms with Crippen molar-refractivity contribution in [3.63, 3.8) is 0 Å². The number of aromatic nitrogens is 4. The van der Waals surface area contributed by atoms with Crippen molar-refractivity contribution in [2.75, 3.05) is 20.3 Å². The highest BCUT2D eigenvalue weighted by Gasteiger charge is 2.26. The molecule has 0 saturated carbocycles. The molecule has 3 heterocycles. The Bertz CT molecular complexity index is 613. The van der Waals surface area contributed by atoms with Gasteiger partial charge in [-0.2, -0.15) is 0 Å². The van der Waals surface area contributed by atoms with Gasteiger partial charge in [-0.3, -0.25) is 9.78 Å². The highest BCUT2D eigenvalue weighted by Crippen LogP contribution is 2.17. The van der Waals surface area contributed by atoms with Crippen molar-refractivity contribution in [2.45, 2.75) is 13.1 Å². The van der Waals surface area contributed by atoms with Crippen molar-refractivity contribution in [2.24, 2.45) is 5.92 Å². The first-order valence-corrected chi connectivity index (χ1v) is 6.82. The third kappa shape index (κ3) is 2.92. The summed E-state index contributed by atoms with van der Waals surface area (Å²) >= 11 is 0. The van der Waals surface area contributed by atoms with Crippen LogP contribution in [-0.4, -0.2) is 50.6 Å². The number of imidazole rings is 1. The predicted octanol–water partition coefficient (Wildman–Crippen LogP) is 0.592. The van der Waals surface area contributed by atoms with Crippen LogP contribution in [0.25, 0.3) is 0 Å². The van der Waals surface area contributed by atoms with Crippen LogP contribution in [0.4, 0.5) is 0 Å². The minimum absolute atomic E-state index is 0.124. The number of amides is 1. The van der Waals surface area contributed by atoms with Gasteiger partial charge in [0.15, 0.2) is 0 Å². The van der Waals surface area contributed by atoms with Gasteiger partial charge in [-0.05, 0) is 0 Å². The SMILES string of the molecule is COC[C@H]1CN(C(=O)c2cnccn2)Cc2nccn2C1. The fraction of sp³-hybridized carbons (Fsp3) is 0.429. The molecule has 0 radical (unpaired) electrons. The van der Waals surface area contributed by atoms with Crippen LogP contribution in [0.15, 0.2) is 31.0 Å². The lowest BCUT2D eigenvalue weighted by atomic mass is 10.1. The maximum absolute atomic E-state index is 12.6. The zero-order valence-corrected chi connectivity index (χ0v) is 11.8. The van der Waals surface area contributed by atoms with Crippen LogP contribution < -0.4 is 0 Å². The highest BCUT2D eigenvalue weighted by molar-refractivity contribution is 5.91. The molecule has 2 aromatic rings. The predicted molar refractivity (Wildman–Crippen MR) is 74.4 cm³/mol. The van der Waals surface area contributed by atoms with E-state index in [9.17, 15) is 4.79 Å². The second-order valence-corrected chi connectivity index (χ2v) is 5.09. The molecule has 110 valence electrons. The largest absolute Gasteiger partial charge is 0.384 e. The Morgan fingerprint density at radius 2 is 2.24 bits per heavy atom. The van der Waals surface area contributed by atoms with Gasteiger partial charge in [0.25, 0.3) is 5.91 Å². The first-order valence-electron chi connectivity index (χ1n) is 6.82. The van der Waals surface area contributed by atoms with Crippen LogP contribution in [-0.2, 0) is 17.8 Å². The number of methoxy groups -OCH3 is 1. The summed E-state index contributed by atoms with van der Waals surface area (Å²) in [5.74, 6) is 0.984. The molecular formula is C14H17N5O2. The van der Waals surface area contributed by atoms with Gasteiger partial charge in [0.1, 0.15) is 11.5 Å². The van der Waals surface area contributed by atoms with Crippen molar-refractivity contribution in [3.8, 4) is 0 Å². The van der Waals surface area contributed by atoms with Gasteiger partial charge in [0.05, 0.1) is 19.3 Å². The lowest BCUT2D eigenvalue weighted by Gasteiger charge is -2.23. The number of hydrogen-bond acceptors (Lipinski definition) is 5. The fourth-order valence-corrected chi connectivity index (χ4v) is 2.61. The molecule has 0 bridgehead atoms. The lowest BCUT2D eigenvalue weighted by Crippen LogP contribution is -2.35. The normalized spacial score (nSPS) is 18.1. The smallest absolute Gasteiger partial charge is 0.274 e. The average molecular weight is 287 g/mol. The van der Waals surface area contributed by atoms with Crippen LogP contribution in [0, 0.1) is 5.92 Å². The summed E-state index contributed by atoms with van der Waals surface area (Å²) in [6, 6.07) is 0. The zero-order valence-electron chi connectivity index (χ0n) is 11.8. The molecule has 21 heavy (non-hydrogen) atoms. The van der Waals surface area contributed by atoms with Gasteiger partial charge in [-0.1, -0.05) is 0 Å². The average Bonchev–Trinajstić information content (AvgIpc) is 2.86. The topological polar surface area (TPSA) is 73.1 Å². The quantitative estimate of drug-likeness (QED) is 0.826. The van der Waals surface area contributed by atoms with E-state index in [1.165, 1.54) is 12.4 Å². The molecular weight excluding hydrogens is 270 g/mol. The summed E-state index contributed by atoms with van der Waals surface area (Å²) in [5.41, 5.74) is 0.355. The first kappa shape index (κ1) is 13.7. The van der Waals surface area contributed by atoms with Crippen molar-refractivity contribution < 1.29 is 9.53 Å². The third-order valence-corrected chi connectivity index (χ3v) is 3.54. The van der Waals surface area contributed by atoms with E-state index in [0.29, 0.717) is 25.4 Å². The highest BCUT2D eigenvalue weighted by atomic mass is 16.5. The molecule has 0 spiro atoms. The van der Waals surface area contributed by atoms with E-state index in [1.54, 1.807) is 24.4 Å². The Morgan fingerprint density at radius 3 is 3.00 bits per heavy atom. The number of rotatable bonds is 3. The Labute approximate surface area is 122 Å². The monoisotopic (exact) mass is 287 g/mol. The molecule has 0 saturated heterocycles. The molecule has 3 rings (SSSR count). The van der Waals surface area contributed by atoms with E-state index in [-0.39, 0.29) is 11.8 Å². The molecule has 0 fully saturated rings. The molecule has 0 aliphatic carbocycles. The van der Waals surface area contributed by atoms with E-state index < -0.39 is 0 Å². The maximum atomic E-state index is 12.6. The van der Waals surface area contributed by atoms with E-state index in [4.69, 9.17) is 4.74 Å². The molecule has 1 aliphatic heterocycles. The minimum Gasteiger partial charge on any atom is -0.384 e. The number of carbonyl (C=O) groups excluding carboxylic acids is 1. The van der Waals surface area contributed by atoms with Crippen LogP contribution in [0.1, 0.15) is 16.3 Å². The maximum Gasteiger partial charge on any atom is 0.274 e. The Balaban J connectivity index is 1.86. The molecule has 0 unspecified atom stereocenters. The molecule has 0 N–H and O–H groups in total. The van der Waals surface area contributed by atoms with Crippen LogP contribution >= 0.6 is 0 Å². The third-order valence-electron chi connectivity index (χ3n) is 3.54. The molecule has 1 amide bonds. The number of nitrogens with zero attached hydrogens (tertiary/aromatic N) is 5. The molecule has 1 atom stereocenters. The molecule has 7 nitrogen and oxygen atoms in total. The zero-order chi connectivity index (χ0) is 14.7. The summed E-state index contributed by atoms with van der Waals surface area (Å²) in [7, 11) is 1.68. The molecule has 1 aliphatic rings. The summed E-state index contributed by atoms with van der Waals surface area (Å²) in [5, 5.41) is 0. The van der Waals surface area contributed by atoms with Crippen LogP contribution in [0.2, 0.25) is 0 Å². The Hall–Kier alpha value is -2.28. The van der Waals surface area contributed by atoms with Gasteiger partial charge in [-0.15, -0.1) is 0 Å². The van der Waals surface area contributed by atoms with E-state index >= 15 is 0 Å². The van der Waals surface area contributed by atoms with Crippen molar-refractivity contribution in [1.29, 1.82) is 0 Å². The number of carbonyl (C=O) groups is 1. The van der Waals surface area contributed by atoms with Gasteiger partial charge in [0, 0.05) is 50.9 Å². The van der Waals surface area contributed by atoms with Crippen molar-refractivity contribution >= 4 is 5.91 Å². The second-order valence-electron chi connectivity index (χ2n) is 5.09. The fourth-order valence-electron chi connectivity index (χ4n) is 2.61.